The van der Waals surface area contributed by atoms with Crippen molar-refractivity contribution in [1.29, 1.82) is 5.26 Å². The normalized spacial score (nSPS) is 11.2. The monoisotopic (exact) mass is 307 g/mol. The van der Waals surface area contributed by atoms with Gasteiger partial charge in [-0.05, 0) is 12.1 Å². The molecule has 0 saturated carbocycles. The van der Waals surface area contributed by atoms with E-state index in [9.17, 15) is 0 Å². The quantitative estimate of drug-likeness (QED) is 0.526. The maximum absolute atomic E-state index is 8.72. The molecule has 0 amide bonds. The number of hydrogen-bond donors (Lipinski definition) is 1. The number of hydrogen-bond acceptors (Lipinski definition) is 5. The van der Waals surface area contributed by atoms with Crippen molar-refractivity contribution in [3.63, 3.8) is 0 Å². The van der Waals surface area contributed by atoms with Gasteiger partial charge in [0.25, 0.3) is 0 Å². The summed E-state index contributed by atoms with van der Waals surface area (Å²) < 4.78 is 0.992. The van der Waals surface area contributed by atoms with Gasteiger partial charge in [-0.25, -0.2) is 4.98 Å². The van der Waals surface area contributed by atoms with Gasteiger partial charge in [0.2, 0.25) is 5.71 Å². The summed E-state index contributed by atoms with van der Waals surface area (Å²) in [5.41, 5.74) is 1.64. The molecule has 1 aromatic heterocycles. The molecule has 0 radical (unpaired) electrons. The van der Waals surface area contributed by atoms with Gasteiger partial charge in [-0.1, -0.05) is 33.2 Å². The third kappa shape index (κ3) is 2.52. The fraction of sp³-hybridized carbons (Fsp3) is 0. The van der Waals surface area contributed by atoms with Crippen molar-refractivity contribution in [3.05, 3.63) is 39.1 Å². The fourth-order valence-corrected chi connectivity index (χ4v) is 2.27. The van der Waals surface area contributed by atoms with Gasteiger partial charge in [0.1, 0.15) is 6.07 Å². The van der Waals surface area contributed by atoms with E-state index in [0.717, 1.165) is 15.7 Å². The molecule has 0 aliphatic rings. The van der Waals surface area contributed by atoms with Crippen LogP contribution < -0.4 is 0 Å². The Morgan fingerprint density at radius 1 is 1.41 bits per heavy atom. The van der Waals surface area contributed by atoms with Crippen molar-refractivity contribution in [2.24, 2.45) is 5.16 Å². The van der Waals surface area contributed by atoms with Crippen LogP contribution >= 0.6 is 27.3 Å². The first-order valence-corrected chi connectivity index (χ1v) is 6.26. The molecule has 0 aliphatic carbocycles. The van der Waals surface area contributed by atoms with Gasteiger partial charge in [0.05, 0.1) is 5.69 Å². The second-order valence-corrected chi connectivity index (χ2v) is 4.88. The molecular weight excluding hydrogens is 302 g/mol. The van der Waals surface area contributed by atoms with Crippen LogP contribution in [-0.4, -0.2) is 15.9 Å². The molecule has 0 spiro atoms. The maximum atomic E-state index is 8.72. The summed E-state index contributed by atoms with van der Waals surface area (Å²) in [6.45, 7) is 0. The number of thiazole rings is 1. The number of oxime groups is 1. The van der Waals surface area contributed by atoms with E-state index in [1.54, 1.807) is 6.07 Å². The van der Waals surface area contributed by atoms with E-state index >= 15 is 0 Å². The predicted octanol–water partition coefficient (Wildman–Crippen LogP) is 3.27. The van der Waals surface area contributed by atoms with Crippen molar-refractivity contribution < 1.29 is 5.21 Å². The van der Waals surface area contributed by atoms with Crippen molar-refractivity contribution in [2.45, 2.75) is 0 Å². The molecule has 4 nitrogen and oxygen atoms in total. The second kappa shape index (κ2) is 5.08. The first kappa shape index (κ1) is 11.8. The third-order valence-corrected chi connectivity index (χ3v) is 3.43. The van der Waals surface area contributed by atoms with Crippen LogP contribution in [0.4, 0.5) is 0 Å². The van der Waals surface area contributed by atoms with Crippen molar-refractivity contribution >= 4 is 33.0 Å². The van der Waals surface area contributed by atoms with Gasteiger partial charge in [-0.3, -0.25) is 0 Å². The largest absolute Gasteiger partial charge is 0.410 e. The van der Waals surface area contributed by atoms with Crippen LogP contribution in [0.3, 0.4) is 0 Å². The maximum Gasteiger partial charge on any atom is 0.215 e. The number of rotatable bonds is 2. The standard InChI is InChI=1S/C11H6BrN3OS/c12-8-3-1-7(2-4-8)10-6-17-11(14-10)9(5-13)15-16/h1-4,6,16H. The van der Waals surface area contributed by atoms with Crippen molar-refractivity contribution in [3.8, 4) is 17.3 Å². The summed E-state index contributed by atoms with van der Waals surface area (Å²) in [4.78, 5) is 4.24. The van der Waals surface area contributed by atoms with Crippen LogP contribution in [-0.2, 0) is 0 Å². The fourth-order valence-electron chi connectivity index (χ4n) is 1.25. The molecule has 1 heterocycles. The van der Waals surface area contributed by atoms with E-state index in [2.05, 4.69) is 26.1 Å². The van der Waals surface area contributed by atoms with Gasteiger partial charge in [0, 0.05) is 15.4 Å². The number of aromatic nitrogens is 1. The molecule has 17 heavy (non-hydrogen) atoms. The minimum atomic E-state index is -0.0710. The Morgan fingerprint density at radius 2 is 2.12 bits per heavy atom. The van der Waals surface area contributed by atoms with E-state index in [-0.39, 0.29) is 5.71 Å². The Bertz CT molecular complexity index is 598. The lowest BCUT2D eigenvalue weighted by molar-refractivity contribution is 0.320. The first-order chi connectivity index (χ1) is 8.24. The topological polar surface area (TPSA) is 69.3 Å². The predicted molar refractivity (Wildman–Crippen MR) is 69.2 cm³/mol. The zero-order valence-corrected chi connectivity index (χ0v) is 10.9. The number of benzene rings is 1. The molecule has 6 heteroatoms. The average Bonchev–Trinajstić information content (AvgIpc) is 2.81. The molecule has 0 unspecified atom stereocenters. The van der Waals surface area contributed by atoms with E-state index in [0.29, 0.717) is 5.01 Å². The Kier molecular flexibility index (Phi) is 3.52. The lowest BCUT2D eigenvalue weighted by Gasteiger charge is -1.95. The smallest absolute Gasteiger partial charge is 0.215 e. The molecule has 0 bridgehead atoms. The highest BCUT2D eigenvalue weighted by Crippen LogP contribution is 2.23. The summed E-state index contributed by atoms with van der Waals surface area (Å²) in [6.07, 6.45) is 0. The van der Waals surface area contributed by atoms with Gasteiger partial charge in [-0.15, -0.1) is 11.3 Å². The summed E-state index contributed by atoms with van der Waals surface area (Å²) in [7, 11) is 0. The highest BCUT2D eigenvalue weighted by atomic mass is 79.9. The van der Waals surface area contributed by atoms with Crippen LogP contribution in [0.15, 0.2) is 39.3 Å². The molecule has 84 valence electrons. The van der Waals surface area contributed by atoms with Gasteiger partial charge >= 0.3 is 0 Å². The lowest BCUT2D eigenvalue weighted by atomic mass is 10.2. The molecule has 0 saturated heterocycles. The van der Waals surface area contributed by atoms with Crippen LogP contribution in [0, 0.1) is 11.3 Å². The lowest BCUT2D eigenvalue weighted by Crippen LogP contribution is -1.95. The average molecular weight is 308 g/mol. The SMILES string of the molecule is N#CC(=NO)c1nc(-c2ccc(Br)cc2)cs1. The minimum Gasteiger partial charge on any atom is -0.410 e. The molecule has 1 aromatic carbocycles. The Hall–Kier alpha value is -1.71. The summed E-state index contributed by atoms with van der Waals surface area (Å²) in [6, 6.07) is 9.46. The molecular formula is C11H6BrN3OS. The third-order valence-electron chi connectivity index (χ3n) is 2.05. The molecule has 2 aromatic rings. The Balaban J connectivity index is 2.37. The Morgan fingerprint density at radius 3 is 2.71 bits per heavy atom. The van der Waals surface area contributed by atoms with Crippen LogP contribution in [0.5, 0.6) is 0 Å². The van der Waals surface area contributed by atoms with E-state index < -0.39 is 0 Å². The molecule has 0 fully saturated rings. The van der Waals surface area contributed by atoms with Crippen molar-refractivity contribution in [1.82, 2.24) is 4.98 Å². The highest BCUT2D eigenvalue weighted by molar-refractivity contribution is 9.10. The second-order valence-electron chi connectivity index (χ2n) is 3.11. The van der Waals surface area contributed by atoms with Crippen LogP contribution in [0.1, 0.15) is 5.01 Å². The van der Waals surface area contributed by atoms with Gasteiger partial charge in [0.15, 0.2) is 5.01 Å². The number of nitriles is 1. The van der Waals surface area contributed by atoms with E-state index in [4.69, 9.17) is 10.5 Å². The van der Waals surface area contributed by atoms with Crippen LogP contribution in [0.2, 0.25) is 0 Å². The van der Waals surface area contributed by atoms with E-state index in [1.165, 1.54) is 11.3 Å². The summed E-state index contributed by atoms with van der Waals surface area (Å²) in [5, 5.41) is 22.5. The zero-order valence-electron chi connectivity index (χ0n) is 8.46. The summed E-state index contributed by atoms with van der Waals surface area (Å²) >= 11 is 4.63. The molecule has 1 N–H and O–H groups in total. The zero-order chi connectivity index (χ0) is 12.3. The number of nitrogens with zero attached hydrogens (tertiary/aromatic N) is 3. The molecule has 0 aliphatic heterocycles. The molecule has 2 rings (SSSR count). The Labute approximate surface area is 110 Å². The van der Waals surface area contributed by atoms with Gasteiger partial charge < -0.3 is 5.21 Å². The summed E-state index contributed by atoms with van der Waals surface area (Å²) in [5.74, 6) is 0. The number of halogens is 1. The van der Waals surface area contributed by atoms with Crippen LogP contribution in [0.25, 0.3) is 11.3 Å². The minimum absolute atomic E-state index is 0.0710. The first-order valence-electron chi connectivity index (χ1n) is 4.58. The molecule has 0 atom stereocenters. The van der Waals surface area contributed by atoms with E-state index in [1.807, 2.05) is 29.6 Å². The van der Waals surface area contributed by atoms with Gasteiger partial charge in [-0.2, -0.15) is 5.26 Å². The highest BCUT2D eigenvalue weighted by Gasteiger charge is 2.10. The van der Waals surface area contributed by atoms with Crippen molar-refractivity contribution in [2.75, 3.05) is 0 Å².